The average Bonchev–Trinajstić information content (AvgIpc) is 4.01. The fourth-order valence-electron chi connectivity index (χ4n) is 12.1. The predicted octanol–water partition coefficient (Wildman–Crippen LogP) is 5.76. The van der Waals surface area contributed by atoms with E-state index in [9.17, 15) is 29.4 Å². The van der Waals surface area contributed by atoms with Gasteiger partial charge in [-0.1, -0.05) is 49.8 Å². The lowest BCUT2D eigenvalue weighted by atomic mass is 9.46. The maximum atomic E-state index is 16.0. The lowest BCUT2D eigenvalue weighted by Gasteiger charge is -2.59. The van der Waals surface area contributed by atoms with E-state index >= 15 is 4.39 Å². The number of fused-ring (bicyclic) bond motifs is 6. The number of Topliss-reactive ketones (excluding diaryl/α,β-unsaturated/α-hetero) is 1. The number of carbonyl (C=O) groups excluding carboxylic acids is 3. The second kappa shape index (κ2) is 14.5. The lowest BCUT2D eigenvalue weighted by Crippen LogP contribution is -2.61. The van der Waals surface area contributed by atoms with Crippen LogP contribution in [0, 0.1) is 34.4 Å². The van der Waals surface area contributed by atoms with Crippen LogP contribution in [0.25, 0.3) is 10.9 Å². The molecule has 3 aromatic rings. The Morgan fingerprint density at radius 2 is 1.85 bits per heavy atom. The maximum Gasteiger partial charge on any atom is 0.343 e. The monoisotopic (exact) mass is 807 g/mol. The number of carbonyl (C=O) groups is 3. The quantitative estimate of drug-likeness (QED) is 0.228. The summed E-state index contributed by atoms with van der Waals surface area (Å²) in [6.45, 7) is 7.66. The molecule has 1 aromatic heterocycles. The van der Waals surface area contributed by atoms with E-state index < -0.39 is 39.8 Å². The molecule has 2 aromatic carbocycles. The maximum absolute atomic E-state index is 16.0. The number of nitrogens with one attached hydrogen (secondary N) is 1. The van der Waals surface area contributed by atoms with Crippen LogP contribution in [0.15, 0.2) is 65.1 Å². The zero-order valence-corrected chi connectivity index (χ0v) is 34.3. The zero-order valence-electron chi connectivity index (χ0n) is 34.3. The molecule has 11 nitrogen and oxygen atoms in total. The van der Waals surface area contributed by atoms with Crippen LogP contribution in [0.5, 0.6) is 5.75 Å². The van der Waals surface area contributed by atoms with Crippen molar-refractivity contribution in [3.8, 4) is 5.75 Å². The molecule has 5 fully saturated rings. The van der Waals surface area contributed by atoms with E-state index in [-0.39, 0.29) is 84.0 Å². The first-order chi connectivity index (χ1) is 28.2. The van der Waals surface area contributed by atoms with Gasteiger partial charge in [-0.15, -0.1) is 0 Å². The van der Waals surface area contributed by atoms with Crippen LogP contribution in [0.3, 0.4) is 0 Å². The Morgan fingerprint density at radius 3 is 2.58 bits per heavy atom. The number of ether oxygens (including phenoxy) is 2. The van der Waals surface area contributed by atoms with E-state index in [1.54, 1.807) is 36.4 Å². The molecule has 6 aliphatic rings. The second-order valence-electron chi connectivity index (χ2n) is 18.5. The molecule has 8 atom stereocenters. The first-order valence-corrected chi connectivity index (χ1v) is 21.2. The fourth-order valence-corrected chi connectivity index (χ4v) is 12.1. The van der Waals surface area contributed by atoms with Gasteiger partial charge in [0.1, 0.15) is 23.5 Å². The normalized spacial score (nSPS) is 32.6. The predicted molar refractivity (Wildman–Crippen MR) is 220 cm³/mol. The van der Waals surface area contributed by atoms with E-state index in [1.165, 1.54) is 19.4 Å². The van der Waals surface area contributed by atoms with Crippen molar-refractivity contribution in [2.24, 2.45) is 28.6 Å². The van der Waals surface area contributed by atoms with Crippen molar-refractivity contribution in [2.75, 3.05) is 31.6 Å². The van der Waals surface area contributed by atoms with Crippen LogP contribution in [-0.2, 0) is 27.4 Å². The van der Waals surface area contributed by atoms with Crippen molar-refractivity contribution in [1.82, 2.24) is 9.88 Å². The van der Waals surface area contributed by atoms with Gasteiger partial charge in [0.15, 0.2) is 23.1 Å². The Bertz CT molecular complexity index is 2390. The van der Waals surface area contributed by atoms with Crippen LogP contribution in [0.2, 0.25) is 0 Å². The molecule has 312 valence electrons. The first kappa shape index (κ1) is 39.8. The summed E-state index contributed by atoms with van der Waals surface area (Å²) in [5, 5.41) is 27.7. The summed E-state index contributed by atoms with van der Waals surface area (Å²) in [5.74, 6) is -1.60. The van der Waals surface area contributed by atoms with Gasteiger partial charge in [0.25, 0.3) is 0 Å². The number of hydrogen-bond acceptors (Lipinski definition) is 10. The van der Waals surface area contributed by atoms with Crippen molar-refractivity contribution >= 4 is 34.1 Å². The van der Waals surface area contributed by atoms with Crippen molar-refractivity contribution < 1.29 is 38.5 Å². The summed E-state index contributed by atoms with van der Waals surface area (Å²) in [6, 6.07) is 8.45. The number of aliphatic hydroxyl groups is 2. The molecular weight excluding hydrogens is 754 g/mol. The Hall–Kier alpha value is -4.65. The van der Waals surface area contributed by atoms with Crippen LogP contribution in [0.1, 0.15) is 93.2 Å². The molecule has 2 heterocycles. The van der Waals surface area contributed by atoms with Gasteiger partial charge in [-0.05, 0) is 93.1 Å². The summed E-state index contributed by atoms with van der Waals surface area (Å²) in [7, 11) is 1.47. The lowest BCUT2D eigenvalue weighted by molar-refractivity contribution is -0.176. The molecule has 4 unspecified atom stereocenters. The van der Waals surface area contributed by atoms with Gasteiger partial charge in [0.2, 0.25) is 5.43 Å². The van der Waals surface area contributed by atoms with Gasteiger partial charge in [-0.2, -0.15) is 0 Å². The Morgan fingerprint density at radius 1 is 1.08 bits per heavy atom. The highest BCUT2D eigenvalue weighted by Crippen LogP contribution is 2.67. The molecule has 3 N–H and O–H groups in total. The van der Waals surface area contributed by atoms with E-state index in [0.29, 0.717) is 48.4 Å². The number of rotatable bonds is 9. The molecule has 5 aliphatic carbocycles. The number of methoxy groups -OCH3 is 1. The number of halogens is 1. The number of benzene rings is 2. The van der Waals surface area contributed by atoms with E-state index in [1.807, 2.05) is 29.4 Å². The zero-order chi connectivity index (χ0) is 41.6. The highest BCUT2D eigenvalue weighted by atomic mass is 19.1. The summed E-state index contributed by atoms with van der Waals surface area (Å²) in [5.41, 5.74) is -0.911. The van der Waals surface area contributed by atoms with Gasteiger partial charge in [0.05, 0.1) is 24.1 Å². The third kappa shape index (κ3) is 6.31. The van der Waals surface area contributed by atoms with Gasteiger partial charge >= 0.3 is 5.97 Å². The number of hydrogen-bond donors (Lipinski definition) is 3. The van der Waals surface area contributed by atoms with Crippen molar-refractivity contribution in [3.63, 3.8) is 0 Å². The van der Waals surface area contributed by atoms with Gasteiger partial charge in [-0.3, -0.25) is 14.4 Å². The molecule has 0 bridgehead atoms. The number of nitrogens with zero attached hydrogens (tertiary/aromatic N) is 2. The van der Waals surface area contributed by atoms with Crippen LogP contribution in [0.4, 0.5) is 10.1 Å². The minimum Gasteiger partial charge on any atom is -0.492 e. The fraction of sp³-hybridized carbons (Fsp3) is 0.532. The molecule has 59 heavy (non-hydrogen) atoms. The minimum absolute atomic E-state index is 0.00911. The molecule has 0 amide bonds. The molecule has 1 aliphatic heterocycles. The SMILES string of the molecule is COc1c(N2CCNC(C)C2)c(F)cc2c(=O)c(C(=O)OCc3ccccc3CC(=O)[C@@]3(O)CCC4C5CCC6=CC(=O)C=C[C@]6(C)C5[C@@H](O)C[C@@]43C)cn(C3CC3)c12. The number of ketones is 2. The first-order valence-electron chi connectivity index (χ1n) is 21.2. The average molecular weight is 808 g/mol. The van der Waals surface area contributed by atoms with E-state index in [0.717, 1.165) is 31.3 Å². The number of piperazine rings is 1. The van der Waals surface area contributed by atoms with Gasteiger partial charge < -0.3 is 34.5 Å². The number of allylic oxidation sites excluding steroid dienone is 4. The molecule has 0 spiro atoms. The Balaban J connectivity index is 0.952. The Labute approximate surface area is 343 Å². The second-order valence-corrected chi connectivity index (χ2v) is 18.5. The van der Waals surface area contributed by atoms with Crippen molar-refractivity contribution in [1.29, 1.82) is 0 Å². The number of pyridine rings is 1. The largest absolute Gasteiger partial charge is 0.492 e. The van der Waals surface area contributed by atoms with Crippen LogP contribution in [-0.4, -0.2) is 76.8 Å². The number of esters is 1. The number of anilines is 1. The summed E-state index contributed by atoms with van der Waals surface area (Å²) in [4.78, 5) is 56.4. The molecule has 12 heteroatoms. The van der Waals surface area contributed by atoms with E-state index in [4.69, 9.17) is 9.47 Å². The highest BCUT2D eigenvalue weighted by Gasteiger charge is 2.68. The Kier molecular flexibility index (Phi) is 9.79. The molecule has 9 rings (SSSR count). The summed E-state index contributed by atoms with van der Waals surface area (Å²) >= 11 is 0. The third-order valence-corrected chi connectivity index (χ3v) is 15.2. The van der Waals surface area contributed by atoms with Gasteiger partial charge in [-0.25, -0.2) is 9.18 Å². The van der Waals surface area contributed by atoms with Crippen molar-refractivity contribution in [3.05, 3.63) is 93.1 Å². The topological polar surface area (TPSA) is 147 Å². The molecule has 0 radical (unpaired) electrons. The molecular formula is C47H54FN3O8. The number of aliphatic hydroxyl groups excluding tert-OH is 1. The van der Waals surface area contributed by atoms with Gasteiger partial charge in [0, 0.05) is 61.1 Å². The standard InChI is InChI=1S/C47H54FN3O8/c1-26-23-50(18-17-49-26)41-36(48)21-33-40(43(41)58-4)51(30-10-11-30)24-34(42(33)55)44(56)59-25-28-8-6-5-7-27(28)19-38(54)47(57)16-14-35-32-12-9-29-20-31(52)13-15-45(29,2)39(32)37(53)22-46(35,47)3/h5-8,13,15,20-21,24,26,30,32,35,37,39,49,53,57H,9-12,14,16-19,22-23,25H2,1-4H3/t26?,32?,35?,37-,39?,45-,46-,47-/m0/s1. The minimum atomic E-state index is -1.68. The third-order valence-electron chi connectivity index (χ3n) is 15.2. The number of aromatic nitrogens is 1. The summed E-state index contributed by atoms with van der Waals surface area (Å²) in [6.07, 6.45) is 10.3. The van der Waals surface area contributed by atoms with E-state index in [2.05, 4.69) is 12.2 Å². The smallest absolute Gasteiger partial charge is 0.343 e. The van der Waals surface area contributed by atoms with Crippen LogP contribution >= 0.6 is 0 Å². The molecule has 4 saturated carbocycles. The van der Waals surface area contributed by atoms with Crippen molar-refractivity contribution in [2.45, 2.75) is 103 Å². The highest BCUT2D eigenvalue weighted by molar-refractivity contribution is 6.01. The molecule has 1 saturated heterocycles. The van der Waals surface area contributed by atoms with Crippen LogP contribution < -0.4 is 20.4 Å². The summed E-state index contributed by atoms with van der Waals surface area (Å²) < 4.78 is 29.5.